The van der Waals surface area contributed by atoms with E-state index in [1.165, 1.54) is 25.7 Å². The third-order valence-corrected chi connectivity index (χ3v) is 3.07. The molecule has 0 amide bonds. The molecule has 1 aromatic rings. The molecule has 3 heteroatoms. The Bertz CT molecular complexity index is 339. The third kappa shape index (κ3) is 5.50. The lowest BCUT2D eigenvalue weighted by Crippen LogP contribution is -2.13. The number of unbranched alkanes of at least 4 members (excludes halogenated alkanes) is 3. The van der Waals surface area contributed by atoms with Crippen LogP contribution in [-0.2, 0) is 0 Å². The summed E-state index contributed by atoms with van der Waals surface area (Å²) in [6.07, 6.45) is 8.16. The van der Waals surface area contributed by atoms with Gasteiger partial charge in [0.25, 0.3) is 0 Å². The number of nitrogens with zero attached hydrogens (tertiary/aromatic N) is 1. The van der Waals surface area contributed by atoms with E-state index in [1.807, 2.05) is 19.1 Å². The fraction of sp³-hybridized carbons (Fsp3) is 0.667. The van der Waals surface area contributed by atoms with Crippen molar-refractivity contribution in [2.75, 3.05) is 0 Å². The summed E-state index contributed by atoms with van der Waals surface area (Å²) in [5.74, 6) is 0.688. The molecule has 0 aliphatic rings. The van der Waals surface area contributed by atoms with Gasteiger partial charge < -0.3 is 10.5 Å². The Kier molecular flexibility index (Phi) is 6.73. The van der Waals surface area contributed by atoms with E-state index < -0.39 is 0 Å². The van der Waals surface area contributed by atoms with E-state index in [9.17, 15) is 0 Å². The molecule has 1 heterocycles. The van der Waals surface area contributed by atoms with Gasteiger partial charge in [0.2, 0.25) is 5.88 Å². The molecule has 3 nitrogen and oxygen atoms in total. The van der Waals surface area contributed by atoms with Crippen LogP contribution in [0.3, 0.4) is 0 Å². The van der Waals surface area contributed by atoms with E-state index in [-0.39, 0.29) is 12.1 Å². The van der Waals surface area contributed by atoms with Gasteiger partial charge in [-0.25, -0.2) is 4.98 Å². The van der Waals surface area contributed by atoms with E-state index in [0.29, 0.717) is 5.88 Å². The fourth-order valence-corrected chi connectivity index (χ4v) is 1.90. The smallest absolute Gasteiger partial charge is 0.213 e. The summed E-state index contributed by atoms with van der Waals surface area (Å²) < 4.78 is 5.82. The molecule has 0 fully saturated rings. The van der Waals surface area contributed by atoms with Gasteiger partial charge in [-0.2, -0.15) is 0 Å². The number of hydrogen-bond acceptors (Lipinski definition) is 3. The van der Waals surface area contributed by atoms with E-state index in [0.717, 1.165) is 12.0 Å². The molecule has 0 radical (unpaired) electrons. The van der Waals surface area contributed by atoms with Gasteiger partial charge in [-0.3, -0.25) is 0 Å². The van der Waals surface area contributed by atoms with Crippen LogP contribution in [0, 0.1) is 0 Å². The quantitative estimate of drug-likeness (QED) is 0.713. The molecule has 1 rings (SSSR count). The Hall–Kier alpha value is -1.09. The van der Waals surface area contributed by atoms with E-state index in [2.05, 4.69) is 18.8 Å². The van der Waals surface area contributed by atoms with Crippen LogP contribution >= 0.6 is 0 Å². The second-order valence-corrected chi connectivity index (χ2v) is 4.99. The Balaban J connectivity index is 2.39. The summed E-state index contributed by atoms with van der Waals surface area (Å²) in [6.45, 7) is 6.29. The zero-order chi connectivity index (χ0) is 13.4. The van der Waals surface area contributed by atoms with Crippen LogP contribution in [0.5, 0.6) is 5.88 Å². The number of aromatic nitrogens is 1. The number of nitrogens with two attached hydrogens (primary N) is 1. The molecule has 0 saturated carbocycles. The maximum atomic E-state index is 5.84. The Morgan fingerprint density at radius 2 is 2.06 bits per heavy atom. The summed E-state index contributed by atoms with van der Waals surface area (Å²) in [4.78, 5) is 4.23. The van der Waals surface area contributed by atoms with Gasteiger partial charge >= 0.3 is 0 Å². The molecule has 0 saturated heterocycles. The van der Waals surface area contributed by atoms with E-state index >= 15 is 0 Å². The van der Waals surface area contributed by atoms with Gasteiger partial charge in [0.15, 0.2) is 0 Å². The molecule has 0 aliphatic heterocycles. The van der Waals surface area contributed by atoms with Crippen molar-refractivity contribution < 1.29 is 4.74 Å². The Labute approximate surface area is 111 Å². The second-order valence-electron chi connectivity index (χ2n) is 4.99. The highest BCUT2D eigenvalue weighted by Gasteiger charge is 2.07. The topological polar surface area (TPSA) is 48.1 Å². The molecule has 0 bridgehead atoms. The standard InChI is InChI=1S/C15H26N2O/c1-4-5-6-7-8-12(2)18-15-11-14(13(3)16)9-10-17-15/h9-13H,4-8,16H2,1-3H3/t12?,13-/m1/s1. The predicted octanol–water partition coefficient (Wildman–Crippen LogP) is 3.84. The first-order valence-corrected chi connectivity index (χ1v) is 7.01. The highest BCUT2D eigenvalue weighted by molar-refractivity contribution is 5.22. The summed E-state index contributed by atoms with van der Waals surface area (Å²) in [6, 6.07) is 3.90. The van der Waals surface area contributed by atoms with Gasteiger partial charge in [-0.05, 0) is 38.3 Å². The van der Waals surface area contributed by atoms with Crippen molar-refractivity contribution in [1.29, 1.82) is 0 Å². The van der Waals surface area contributed by atoms with Crippen LogP contribution in [0.2, 0.25) is 0 Å². The third-order valence-electron chi connectivity index (χ3n) is 3.07. The monoisotopic (exact) mass is 250 g/mol. The van der Waals surface area contributed by atoms with Crippen LogP contribution < -0.4 is 10.5 Å². The lowest BCUT2D eigenvalue weighted by Gasteiger charge is -2.15. The molecule has 1 aromatic heterocycles. The first-order chi connectivity index (χ1) is 8.63. The summed E-state index contributed by atoms with van der Waals surface area (Å²) in [7, 11) is 0. The molecule has 102 valence electrons. The number of hydrogen-bond donors (Lipinski definition) is 1. The lowest BCUT2D eigenvalue weighted by atomic mass is 10.1. The minimum atomic E-state index is 0.0233. The average molecular weight is 250 g/mol. The first-order valence-electron chi connectivity index (χ1n) is 7.01. The van der Waals surface area contributed by atoms with Crippen LogP contribution in [0.15, 0.2) is 18.3 Å². The number of rotatable bonds is 8. The molecule has 2 atom stereocenters. The molecule has 1 unspecified atom stereocenters. The lowest BCUT2D eigenvalue weighted by molar-refractivity contribution is 0.198. The molecular formula is C15H26N2O. The van der Waals surface area contributed by atoms with Crippen molar-refractivity contribution >= 4 is 0 Å². The zero-order valence-corrected chi connectivity index (χ0v) is 11.9. The highest BCUT2D eigenvalue weighted by Crippen LogP contribution is 2.17. The van der Waals surface area contributed by atoms with Crippen LogP contribution in [-0.4, -0.2) is 11.1 Å². The molecule has 0 aromatic carbocycles. The van der Waals surface area contributed by atoms with Crippen LogP contribution in [0.25, 0.3) is 0 Å². The fourth-order valence-electron chi connectivity index (χ4n) is 1.90. The van der Waals surface area contributed by atoms with Gasteiger partial charge in [-0.1, -0.05) is 26.2 Å². The van der Waals surface area contributed by atoms with Crippen molar-refractivity contribution in [2.45, 2.75) is 65.0 Å². The van der Waals surface area contributed by atoms with Crippen molar-refractivity contribution in [3.63, 3.8) is 0 Å². The first kappa shape index (κ1) is 15.0. The van der Waals surface area contributed by atoms with Gasteiger partial charge in [0.05, 0.1) is 6.10 Å². The SMILES string of the molecule is CCCCCCC(C)Oc1cc([C@@H](C)N)ccn1. The average Bonchev–Trinajstić information content (AvgIpc) is 2.35. The molecule has 0 aliphatic carbocycles. The summed E-state index contributed by atoms with van der Waals surface area (Å²) in [5, 5.41) is 0. The zero-order valence-electron chi connectivity index (χ0n) is 11.9. The number of pyridine rings is 1. The maximum Gasteiger partial charge on any atom is 0.213 e. The molecular weight excluding hydrogens is 224 g/mol. The molecule has 2 N–H and O–H groups in total. The molecule has 0 spiro atoms. The van der Waals surface area contributed by atoms with Crippen LogP contribution in [0.1, 0.15) is 64.5 Å². The van der Waals surface area contributed by atoms with Gasteiger partial charge in [0.1, 0.15) is 0 Å². The van der Waals surface area contributed by atoms with Crippen molar-refractivity contribution in [3.05, 3.63) is 23.9 Å². The highest BCUT2D eigenvalue weighted by atomic mass is 16.5. The summed E-state index contributed by atoms with van der Waals surface area (Å²) in [5.41, 5.74) is 6.91. The van der Waals surface area contributed by atoms with Gasteiger partial charge in [0, 0.05) is 18.3 Å². The van der Waals surface area contributed by atoms with Crippen LogP contribution in [0.4, 0.5) is 0 Å². The Morgan fingerprint density at radius 1 is 1.28 bits per heavy atom. The van der Waals surface area contributed by atoms with Crippen molar-refractivity contribution in [1.82, 2.24) is 4.98 Å². The summed E-state index contributed by atoms with van der Waals surface area (Å²) >= 11 is 0. The maximum absolute atomic E-state index is 5.84. The van der Waals surface area contributed by atoms with Gasteiger partial charge in [-0.15, -0.1) is 0 Å². The van der Waals surface area contributed by atoms with Crippen molar-refractivity contribution in [2.24, 2.45) is 5.73 Å². The largest absolute Gasteiger partial charge is 0.475 e. The predicted molar refractivity (Wildman–Crippen MR) is 75.7 cm³/mol. The van der Waals surface area contributed by atoms with E-state index in [1.54, 1.807) is 6.20 Å². The molecule has 18 heavy (non-hydrogen) atoms. The number of ether oxygens (including phenoxy) is 1. The second kappa shape index (κ2) is 8.09. The minimum absolute atomic E-state index is 0.0233. The van der Waals surface area contributed by atoms with E-state index in [4.69, 9.17) is 10.5 Å². The Morgan fingerprint density at radius 3 is 2.72 bits per heavy atom. The normalized spacial score (nSPS) is 14.2. The van der Waals surface area contributed by atoms with Crippen molar-refractivity contribution in [3.8, 4) is 5.88 Å². The minimum Gasteiger partial charge on any atom is -0.475 e.